The van der Waals surface area contributed by atoms with Crippen molar-refractivity contribution in [2.75, 3.05) is 0 Å². The first-order valence-corrected chi connectivity index (χ1v) is 18.7. The van der Waals surface area contributed by atoms with E-state index in [1.165, 1.54) is 82.7 Å². The molecular weight excluding hydrogens is 653 g/mol. The topological polar surface area (TPSA) is 17.8 Å². The second-order valence-corrected chi connectivity index (χ2v) is 14.7. The summed E-state index contributed by atoms with van der Waals surface area (Å²) in [6.45, 7) is 0. The van der Waals surface area contributed by atoms with Crippen molar-refractivity contribution in [3.05, 3.63) is 216 Å². The Hall–Kier alpha value is -7.03. The highest BCUT2D eigenvalue weighted by molar-refractivity contribution is 6.15. The lowest BCUT2D eigenvalue weighted by molar-refractivity contribution is 0.768. The number of para-hydroxylation sites is 1. The number of aromatic nitrogens is 2. The predicted molar refractivity (Wildman–Crippen MR) is 223 cm³/mol. The summed E-state index contributed by atoms with van der Waals surface area (Å²) in [5.74, 6) is 0.942. The average Bonchev–Trinajstić information content (AvgIpc) is 3.86. The fourth-order valence-electron chi connectivity index (χ4n) is 9.78. The maximum absolute atomic E-state index is 5.42. The van der Waals surface area contributed by atoms with Gasteiger partial charge in [0.2, 0.25) is 0 Å². The number of benzene rings is 8. The van der Waals surface area contributed by atoms with Crippen LogP contribution in [0.4, 0.5) is 0 Å². The van der Waals surface area contributed by atoms with E-state index in [1.54, 1.807) is 0 Å². The Morgan fingerprint density at radius 1 is 0.389 bits per heavy atom. The first-order valence-electron chi connectivity index (χ1n) is 18.7. The minimum atomic E-state index is -0.404. The van der Waals surface area contributed by atoms with Gasteiger partial charge in [-0.3, -0.25) is 4.57 Å². The second kappa shape index (κ2) is 11.0. The molecule has 2 heterocycles. The van der Waals surface area contributed by atoms with Gasteiger partial charge in [-0.15, -0.1) is 0 Å². The van der Waals surface area contributed by atoms with Crippen LogP contribution in [0.15, 0.2) is 194 Å². The Balaban J connectivity index is 1.06. The van der Waals surface area contributed by atoms with Gasteiger partial charge in [0.25, 0.3) is 0 Å². The van der Waals surface area contributed by atoms with Crippen molar-refractivity contribution in [1.82, 2.24) is 9.55 Å². The minimum Gasteiger partial charge on any atom is -0.294 e. The smallest absolute Gasteiger partial charge is 0.138 e. The molecule has 250 valence electrons. The molecule has 2 aliphatic carbocycles. The van der Waals surface area contributed by atoms with Crippen LogP contribution in [-0.2, 0) is 5.41 Å². The van der Waals surface area contributed by atoms with E-state index >= 15 is 0 Å². The number of fused-ring (bicyclic) bond motifs is 9. The standard InChI is InChI=1S/C52H32N2/c1-3-15-36(16-4-1)52(37-17-5-2-6-18-37)45-24-11-9-20-39(45)43-30-33(26-28-46(43)52)34-27-29-48-44(31-34)40-21-10-12-25-47(40)54(48)49-32-35-14-13-23-41-38-19-7-8-22-42(38)51(53-49)50(35)41/h1-32H. The maximum Gasteiger partial charge on any atom is 0.138 e. The van der Waals surface area contributed by atoms with Crippen LogP contribution in [0.5, 0.6) is 0 Å². The molecule has 0 bridgehead atoms. The molecule has 0 spiro atoms. The lowest BCUT2D eigenvalue weighted by Gasteiger charge is -2.33. The number of pyridine rings is 1. The van der Waals surface area contributed by atoms with Crippen LogP contribution in [0.1, 0.15) is 22.3 Å². The van der Waals surface area contributed by atoms with Crippen molar-refractivity contribution in [3.8, 4) is 50.5 Å². The zero-order valence-electron chi connectivity index (χ0n) is 29.4. The molecule has 12 rings (SSSR count). The third kappa shape index (κ3) is 3.87. The molecule has 2 aliphatic rings. The molecule has 0 amide bonds. The van der Waals surface area contributed by atoms with Gasteiger partial charge in [0, 0.05) is 21.7 Å². The van der Waals surface area contributed by atoms with Gasteiger partial charge in [-0.25, -0.2) is 4.98 Å². The Bertz CT molecular complexity index is 3110. The van der Waals surface area contributed by atoms with Gasteiger partial charge in [-0.1, -0.05) is 164 Å². The van der Waals surface area contributed by atoms with Gasteiger partial charge in [-0.05, 0) is 91.4 Å². The molecule has 0 aliphatic heterocycles. The molecular formula is C52H32N2. The third-order valence-electron chi connectivity index (χ3n) is 12.0. The van der Waals surface area contributed by atoms with Gasteiger partial charge < -0.3 is 0 Å². The zero-order chi connectivity index (χ0) is 35.4. The molecule has 0 N–H and O–H groups in total. The van der Waals surface area contributed by atoms with Gasteiger partial charge in [0.15, 0.2) is 0 Å². The second-order valence-electron chi connectivity index (χ2n) is 14.7. The van der Waals surface area contributed by atoms with Crippen molar-refractivity contribution >= 4 is 32.6 Å². The van der Waals surface area contributed by atoms with Crippen LogP contribution in [0.2, 0.25) is 0 Å². The summed E-state index contributed by atoms with van der Waals surface area (Å²) in [7, 11) is 0. The lowest BCUT2D eigenvalue weighted by Crippen LogP contribution is -2.28. The van der Waals surface area contributed by atoms with Crippen molar-refractivity contribution < 1.29 is 0 Å². The van der Waals surface area contributed by atoms with Crippen molar-refractivity contribution in [1.29, 1.82) is 0 Å². The molecule has 0 fully saturated rings. The maximum atomic E-state index is 5.42. The van der Waals surface area contributed by atoms with Crippen LogP contribution in [-0.4, -0.2) is 9.55 Å². The van der Waals surface area contributed by atoms with Crippen molar-refractivity contribution in [3.63, 3.8) is 0 Å². The van der Waals surface area contributed by atoms with E-state index in [9.17, 15) is 0 Å². The summed E-state index contributed by atoms with van der Waals surface area (Å²) in [5.41, 5.74) is 16.9. The van der Waals surface area contributed by atoms with Crippen molar-refractivity contribution in [2.24, 2.45) is 0 Å². The normalized spacial score (nSPS) is 13.3. The molecule has 54 heavy (non-hydrogen) atoms. The summed E-state index contributed by atoms with van der Waals surface area (Å²) in [4.78, 5) is 5.42. The molecule has 2 nitrogen and oxygen atoms in total. The van der Waals surface area contributed by atoms with E-state index in [1.807, 2.05) is 0 Å². The average molecular weight is 685 g/mol. The Kier molecular flexibility index (Phi) is 6.01. The third-order valence-corrected chi connectivity index (χ3v) is 12.0. The molecule has 2 aromatic heterocycles. The number of rotatable bonds is 4. The fraction of sp³-hybridized carbons (Fsp3) is 0.0192. The molecule has 10 aromatic rings. The summed E-state index contributed by atoms with van der Waals surface area (Å²) in [6.07, 6.45) is 0. The highest BCUT2D eigenvalue weighted by Crippen LogP contribution is 2.56. The molecule has 0 unspecified atom stereocenters. The van der Waals surface area contributed by atoms with E-state index < -0.39 is 5.41 Å². The van der Waals surface area contributed by atoms with Gasteiger partial charge in [0.05, 0.1) is 22.1 Å². The van der Waals surface area contributed by atoms with Crippen LogP contribution in [0, 0.1) is 0 Å². The SMILES string of the molecule is c1ccc(C2(c3ccccc3)c3ccccc3-c3cc(-c4ccc5c(c4)c4ccccc4n5-c4cc5cccc6c5c(n4)-c4ccccc4-6)ccc32)cc1. The van der Waals surface area contributed by atoms with Crippen LogP contribution in [0.25, 0.3) is 83.0 Å². The predicted octanol–water partition coefficient (Wildman–Crippen LogP) is 13.0. The van der Waals surface area contributed by atoms with Crippen LogP contribution >= 0.6 is 0 Å². The first-order chi connectivity index (χ1) is 26.8. The van der Waals surface area contributed by atoms with Crippen LogP contribution < -0.4 is 0 Å². The minimum absolute atomic E-state index is 0.404. The molecule has 0 saturated heterocycles. The quantitative estimate of drug-likeness (QED) is 0.180. The monoisotopic (exact) mass is 684 g/mol. The molecule has 2 heteroatoms. The van der Waals surface area contributed by atoms with E-state index in [0.717, 1.165) is 22.5 Å². The molecule has 0 saturated carbocycles. The lowest BCUT2D eigenvalue weighted by atomic mass is 9.67. The summed E-state index contributed by atoms with van der Waals surface area (Å²) >= 11 is 0. The van der Waals surface area contributed by atoms with E-state index in [0.29, 0.717) is 0 Å². The largest absolute Gasteiger partial charge is 0.294 e. The van der Waals surface area contributed by atoms with Gasteiger partial charge in [-0.2, -0.15) is 0 Å². The Morgan fingerprint density at radius 2 is 1.00 bits per heavy atom. The molecule has 0 atom stereocenters. The molecule has 8 aromatic carbocycles. The van der Waals surface area contributed by atoms with E-state index in [4.69, 9.17) is 4.98 Å². The van der Waals surface area contributed by atoms with E-state index in [-0.39, 0.29) is 0 Å². The summed E-state index contributed by atoms with van der Waals surface area (Å²) in [5, 5.41) is 4.90. The zero-order valence-corrected chi connectivity index (χ0v) is 29.4. The summed E-state index contributed by atoms with van der Waals surface area (Å²) in [6, 6.07) is 71.4. The first kappa shape index (κ1) is 29.5. The number of nitrogens with zero attached hydrogens (tertiary/aromatic N) is 2. The number of hydrogen-bond acceptors (Lipinski definition) is 1. The van der Waals surface area contributed by atoms with Gasteiger partial charge >= 0.3 is 0 Å². The summed E-state index contributed by atoms with van der Waals surface area (Å²) < 4.78 is 2.35. The Morgan fingerprint density at radius 3 is 1.81 bits per heavy atom. The molecule has 0 radical (unpaired) electrons. The Labute approximate surface area is 313 Å². The highest BCUT2D eigenvalue weighted by atomic mass is 15.1. The number of hydrogen-bond donors (Lipinski definition) is 0. The van der Waals surface area contributed by atoms with Crippen molar-refractivity contribution in [2.45, 2.75) is 5.41 Å². The highest BCUT2D eigenvalue weighted by Gasteiger charge is 2.46. The van der Waals surface area contributed by atoms with Gasteiger partial charge in [0.1, 0.15) is 5.82 Å². The van der Waals surface area contributed by atoms with Crippen LogP contribution in [0.3, 0.4) is 0 Å². The fourth-order valence-corrected chi connectivity index (χ4v) is 9.78. The van der Waals surface area contributed by atoms with E-state index in [2.05, 4.69) is 199 Å².